The number of amides is 2. The monoisotopic (exact) mass is 375 g/mol. The molecule has 0 saturated carbocycles. The first-order chi connectivity index (χ1) is 10.7. The highest BCUT2D eigenvalue weighted by atomic mass is 79.9. The number of nitrogens with zero attached hydrogens (tertiary/aromatic N) is 3. The minimum absolute atomic E-state index is 0.436. The Bertz CT molecular complexity index is 831. The van der Waals surface area contributed by atoms with Crippen molar-refractivity contribution in [2.24, 2.45) is 5.10 Å². The van der Waals surface area contributed by atoms with E-state index in [1.807, 2.05) is 36.4 Å². The third-order valence-corrected chi connectivity index (χ3v) is 3.86. The minimum atomic E-state index is -0.436. The summed E-state index contributed by atoms with van der Waals surface area (Å²) in [4.78, 5) is 11.8. The average Bonchev–Trinajstić information content (AvgIpc) is 2.99. The van der Waals surface area contributed by atoms with Crippen LogP contribution in [-0.4, -0.2) is 21.0 Å². The molecule has 2 amide bonds. The molecule has 0 fully saturated rings. The van der Waals surface area contributed by atoms with Crippen molar-refractivity contribution in [2.75, 3.05) is 5.32 Å². The Morgan fingerprint density at radius 1 is 1.18 bits per heavy atom. The van der Waals surface area contributed by atoms with Gasteiger partial charge in [0.2, 0.25) is 0 Å². The molecule has 110 valence electrons. The van der Waals surface area contributed by atoms with Crippen LogP contribution in [-0.2, 0) is 0 Å². The first-order valence-corrected chi connectivity index (χ1v) is 7.81. The zero-order chi connectivity index (χ0) is 15.4. The van der Waals surface area contributed by atoms with Crippen molar-refractivity contribution in [2.45, 2.75) is 0 Å². The highest BCUT2D eigenvalue weighted by Gasteiger charge is 2.07. The molecule has 1 heterocycles. The number of hydrogen-bond donors (Lipinski definition) is 2. The van der Waals surface area contributed by atoms with E-state index >= 15 is 0 Å². The van der Waals surface area contributed by atoms with Crippen LogP contribution in [0.15, 0.2) is 52.0 Å². The molecular weight excluding hydrogens is 366 g/mol. The Balaban J connectivity index is 1.63. The molecule has 0 saturated heterocycles. The smallest absolute Gasteiger partial charge is 0.304 e. The maximum Gasteiger partial charge on any atom is 0.339 e. The number of fused-ring (bicyclic) bond motifs is 1. The van der Waals surface area contributed by atoms with Gasteiger partial charge in [0, 0.05) is 4.47 Å². The quantitative estimate of drug-likeness (QED) is 0.541. The highest BCUT2D eigenvalue weighted by Crippen LogP contribution is 2.20. The lowest BCUT2D eigenvalue weighted by Gasteiger charge is -2.04. The van der Waals surface area contributed by atoms with Crippen LogP contribution in [0.5, 0.6) is 0 Å². The van der Waals surface area contributed by atoms with Crippen LogP contribution in [0.3, 0.4) is 0 Å². The van der Waals surface area contributed by atoms with E-state index in [0.717, 1.165) is 27.3 Å². The van der Waals surface area contributed by atoms with Gasteiger partial charge in [0.15, 0.2) is 0 Å². The number of carbonyl (C=O) groups is 1. The number of urea groups is 1. The molecule has 22 heavy (non-hydrogen) atoms. The first kappa shape index (κ1) is 14.6. The predicted molar refractivity (Wildman–Crippen MR) is 91.3 cm³/mol. The average molecular weight is 376 g/mol. The van der Waals surface area contributed by atoms with Crippen molar-refractivity contribution in [1.82, 2.24) is 14.2 Å². The second kappa shape index (κ2) is 6.63. The molecule has 2 N–H and O–H groups in total. The van der Waals surface area contributed by atoms with Gasteiger partial charge in [-0.1, -0.05) is 34.1 Å². The molecule has 6 nitrogen and oxygen atoms in total. The van der Waals surface area contributed by atoms with Gasteiger partial charge in [-0.25, -0.2) is 10.2 Å². The van der Waals surface area contributed by atoms with Crippen LogP contribution in [0.1, 0.15) is 5.56 Å². The third-order valence-electron chi connectivity index (χ3n) is 2.78. The topological polar surface area (TPSA) is 79.3 Å². The van der Waals surface area contributed by atoms with Gasteiger partial charge in [-0.05, 0) is 29.8 Å². The van der Waals surface area contributed by atoms with E-state index in [0.29, 0.717) is 11.2 Å². The molecule has 3 aromatic rings. The van der Waals surface area contributed by atoms with E-state index in [1.165, 1.54) is 0 Å². The maximum absolute atomic E-state index is 11.8. The predicted octanol–water partition coefficient (Wildman–Crippen LogP) is 3.61. The fraction of sp³-hybridized carbons (Fsp3) is 0. The van der Waals surface area contributed by atoms with Crippen LogP contribution in [0.2, 0.25) is 0 Å². The summed E-state index contributed by atoms with van der Waals surface area (Å²) >= 11 is 4.46. The lowest BCUT2D eigenvalue weighted by Crippen LogP contribution is -2.24. The van der Waals surface area contributed by atoms with Crippen molar-refractivity contribution in [3.8, 4) is 0 Å². The van der Waals surface area contributed by atoms with Crippen molar-refractivity contribution in [3.63, 3.8) is 0 Å². The van der Waals surface area contributed by atoms with E-state index < -0.39 is 6.03 Å². The number of hydrazone groups is 1. The van der Waals surface area contributed by atoms with Crippen molar-refractivity contribution in [1.29, 1.82) is 0 Å². The van der Waals surface area contributed by atoms with Gasteiger partial charge in [-0.2, -0.15) is 13.8 Å². The van der Waals surface area contributed by atoms with Gasteiger partial charge in [0.25, 0.3) is 0 Å². The number of hydrogen-bond acceptors (Lipinski definition) is 5. The lowest BCUT2D eigenvalue weighted by atomic mass is 10.2. The van der Waals surface area contributed by atoms with E-state index in [-0.39, 0.29) is 0 Å². The first-order valence-electron chi connectivity index (χ1n) is 6.29. The fourth-order valence-corrected chi connectivity index (χ4v) is 2.59. The number of halogens is 1. The van der Waals surface area contributed by atoms with Crippen molar-refractivity contribution >= 4 is 56.6 Å². The second-order valence-electron chi connectivity index (χ2n) is 4.31. The van der Waals surface area contributed by atoms with Gasteiger partial charge < -0.3 is 5.32 Å². The van der Waals surface area contributed by atoms with Crippen LogP contribution in [0.4, 0.5) is 10.5 Å². The summed E-state index contributed by atoms with van der Waals surface area (Å²) in [5.74, 6) is 0. The summed E-state index contributed by atoms with van der Waals surface area (Å²) in [7, 11) is 0. The molecule has 8 heteroatoms. The molecule has 2 aromatic carbocycles. The second-order valence-corrected chi connectivity index (χ2v) is 5.76. The summed E-state index contributed by atoms with van der Waals surface area (Å²) in [6.45, 7) is 0. The summed E-state index contributed by atoms with van der Waals surface area (Å²) < 4.78 is 9.26. The van der Waals surface area contributed by atoms with E-state index in [1.54, 1.807) is 12.3 Å². The Hall–Kier alpha value is -2.32. The fourth-order valence-electron chi connectivity index (χ4n) is 1.77. The lowest BCUT2D eigenvalue weighted by molar-refractivity contribution is 0.252. The van der Waals surface area contributed by atoms with Crippen LogP contribution in [0.25, 0.3) is 11.0 Å². The van der Waals surface area contributed by atoms with Crippen LogP contribution in [0, 0.1) is 0 Å². The minimum Gasteiger partial charge on any atom is -0.304 e. The molecular formula is C14H10BrN5OS. The zero-order valence-electron chi connectivity index (χ0n) is 11.2. The Labute approximate surface area is 138 Å². The summed E-state index contributed by atoms with van der Waals surface area (Å²) in [5.41, 5.74) is 5.31. The maximum atomic E-state index is 11.8. The van der Waals surface area contributed by atoms with Crippen LogP contribution < -0.4 is 10.7 Å². The molecule has 0 atom stereocenters. The molecule has 0 unspecified atom stereocenters. The molecule has 1 aromatic heterocycles. The summed E-state index contributed by atoms with van der Waals surface area (Å²) in [6, 6.07) is 12.5. The molecule has 0 radical (unpaired) electrons. The zero-order valence-corrected chi connectivity index (χ0v) is 13.6. The largest absolute Gasteiger partial charge is 0.339 e. The van der Waals surface area contributed by atoms with Crippen molar-refractivity contribution in [3.05, 3.63) is 52.5 Å². The van der Waals surface area contributed by atoms with E-state index in [4.69, 9.17) is 0 Å². The standard InChI is InChI=1S/C14H10BrN5OS/c15-10-6-4-9(5-7-10)8-16-18-14(21)17-11-2-1-3-12-13(11)20-22-19-12/h1-8H,(H2,17,18,21)/b16-8-. The van der Waals surface area contributed by atoms with Crippen molar-refractivity contribution < 1.29 is 4.79 Å². The van der Waals surface area contributed by atoms with Gasteiger partial charge in [-0.3, -0.25) is 0 Å². The summed E-state index contributed by atoms with van der Waals surface area (Å²) in [6.07, 6.45) is 1.57. The van der Waals surface area contributed by atoms with E-state index in [2.05, 4.69) is 40.5 Å². The number of anilines is 1. The molecule has 0 aliphatic carbocycles. The number of carbonyl (C=O) groups excluding carboxylic acids is 1. The SMILES string of the molecule is O=C(N/N=C\c1ccc(Br)cc1)Nc1cccc2nsnc12. The molecule has 0 aliphatic heterocycles. The number of aromatic nitrogens is 2. The summed E-state index contributed by atoms with van der Waals surface area (Å²) in [5, 5.41) is 6.60. The Kier molecular flexibility index (Phi) is 4.40. The normalized spacial score (nSPS) is 11.0. The van der Waals surface area contributed by atoms with Gasteiger partial charge >= 0.3 is 6.03 Å². The van der Waals surface area contributed by atoms with Crippen LogP contribution >= 0.6 is 27.7 Å². The number of nitrogens with one attached hydrogen (secondary N) is 2. The Morgan fingerprint density at radius 3 is 2.82 bits per heavy atom. The van der Waals surface area contributed by atoms with Gasteiger partial charge in [0.05, 0.1) is 23.6 Å². The molecule has 0 aliphatic rings. The van der Waals surface area contributed by atoms with Gasteiger partial charge in [-0.15, -0.1) is 0 Å². The number of benzene rings is 2. The molecule has 3 rings (SSSR count). The Morgan fingerprint density at radius 2 is 2.00 bits per heavy atom. The highest BCUT2D eigenvalue weighted by molar-refractivity contribution is 9.10. The third kappa shape index (κ3) is 3.46. The van der Waals surface area contributed by atoms with E-state index in [9.17, 15) is 4.79 Å². The van der Waals surface area contributed by atoms with Gasteiger partial charge in [0.1, 0.15) is 11.0 Å². The number of rotatable bonds is 3. The molecule has 0 bridgehead atoms. The molecule has 0 spiro atoms.